The first-order valence-electron chi connectivity index (χ1n) is 12.9. The van der Waals surface area contributed by atoms with E-state index in [2.05, 4.69) is 61.8 Å². The summed E-state index contributed by atoms with van der Waals surface area (Å²) >= 11 is 0. The van der Waals surface area contributed by atoms with E-state index in [0.29, 0.717) is 12.7 Å². The second kappa shape index (κ2) is 11.5. The molecule has 0 aliphatic heterocycles. The Kier molecular flexibility index (Phi) is 8.45. The Hall–Kier alpha value is -2.15. The standard InChI is InChI=1S/C28H41N3O2Si/c1-5-17-30(21-24-10-11-24)18-16-23-12-14-25(15-13-23)33-28-29-26-8-6-7-9-27(26)31(28)22-32-19-20-34(2,3)4/h6-9,12-15,24H,5,10-11,16-22H2,1-4H3. The van der Waals surface area contributed by atoms with Gasteiger partial charge in [-0.15, -0.1) is 0 Å². The number of hydrogen-bond donors (Lipinski definition) is 0. The molecule has 0 bridgehead atoms. The van der Waals surface area contributed by atoms with Crippen LogP contribution in [0.2, 0.25) is 25.7 Å². The van der Waals surface area contributed by atoms with Gasteiger partial charge in [-0.25, -0.2) is 0 Å². The molecule has 0 unspecified atom stereocenters. The smallest absolute Gasteiger partial charge is 0.304 e. The first kappa shape index (κ1) is 25.0. The SMILES string of the molecule is CCCN(CCc1ccc(Oc2nc3ccccc3n2COCC[Si](C)(C)C)cc1)CC1CC1. The van der Waals surface area contributed by atoms with Gasteiger partial charge >= 0.3 is 6.01 Å². The summed E-state index contributed by atoms with van der Waals surface area (Å²) in [6.45, 7) is 14.2. The third kappa shape index (κ3) is 7.42. The maximum atomic E-state index is 6.24. The number of fused-ring (bicyclic) bond motifs is 1. The van der Waals surface area contributed by atoms with Crippen LogP contribution >= 0.6 is 0 Å². The minimum Gasteiger partial charge on any atom is -0.425 e. The predicted octanol–water partition coefficient (Wildman–Crippen LogP) is 6.81. The number of rotatable bonds is 14. The molecule has 0 amide bonds. The summed E-state index contributed by atoms with van der Waals surface area (Å²) in [6, 6.07) is 18.4. The summed E-state index contributed by atoms with van der Waals surface area (Å²) in [5, 5.41) is 0. The lowest BCUT2D eigenvalue weighted by Crippen LogP contribution is -2.29. The van der Waals surface area contributed by atoms with E-state index >= 15 is 0 Å². The first-order chi connectivity index (χ1) is 16.4. The van der Waals surface area contributed by atoms with Gasteiger partial charge in [0.25, 0.3) is 0 Å². The number of benzene rings is 2. The molecule has 1 fully saturated rings. The van der Waals surface area contributed by atoms with Crippen LogP contribution in [-0.4, -0.2) is 48.8 Å². The number of aromatic nitrogens is 2. The Morgan fingerprint density at radius 2 is 1.79 bits per heavy atom. The second-order valence-corrected chi connectivity index (χ2v) is 16.5. The van der Waals surface area contributed by atoms with Crippen molar-refractivity contribution in [2.45, 2.75) is 65.0 Å². The Morgan fingerprint density at radius 1 is 1.03 bits per heavy atom. The van der Waals surface area contributed by atoms with E-state index in [1.807, 2.05) is 22.8 Å². The van der Waals surface area contributed by atoms with Crippen molar-refractivity contribution in [3.05, 3.63) is 54.1 Å². The largest absolute Gasteiger partial charge is 0.425 e. The fourth-order valence-corrected chi connectivity index (χ4v) is 4.94. The third-order valence-electron chi connectivity index (χ3n) is 6.44. The zero-order valence-corrected chi connectivity index (χ0v) is 22.4. The number of imidazole rings is 1. The lowest BCUT2D eigenvalue weighted by molar-refractivity contribution is 0.0850. The zero-order chi connectivity index (χ0) is 24.0. The highest BCUT2D eigenvalue weighted by Gasteiger charge is 2.23. The van der Waals surface area contributed by atoms with Crippen LogP contribution in [0, 0.1) is 5.92 Å². The van der Waals surface area contributed by atoms with Gasteiger partial charge in [-0.2, -0.15) is 4.98 Å². The van der Waals surface area contributed by atoms with Crippen molar-refractivity contribution in [2.24, 2.45) is 5.92 Å². The van der Waals surface area contributed by atoms with E-state index in [1.165, 1.54) is 37.9 Å². The molecule has 6 heteroatoms. The number of para-hydroxylation sites is 2. The van der Waals surface area contributed by atoms with Crippen LogP contribution in [0.1, 0.15) is 31.7 Å². The van der Waals surface area contributed by atoms with Crippen LogP contribution in [0.15, 0.2) is 48.5 Å². The van der Waals surface area contributed by atoms with Crippen molar-refractivity contribution in [3.8, 4) is 11.8 Å². The van der Waals surface area contributed by atoms with Gasteiger partial charge in [0.1, 0.15) is 12.5 Å². The minimum absolute atomic E-state index is 0.451. The topological polar surface area (TPSA) is 39.5 Å². The van der Waals surface area contributed by atoms with Crippen LogP contribution in [0.5, 0.6) is 11.8 Å². The van der Waals surface area contributed by atoms with Gasteiger partial charge in [-0.1, -0.05) is 50.8 Å². The Labute approximate surface area is 206 Å². The van der Waals surface area contributed by atoms with E-state index in [9.17, 15) is 0 Å². The molecule has 0 N–H and O–H groups in total. The molecule has 0 atom stereocenters. The molecule has 1 aromatic heterocycles. The predicted molar refractivity (Wildman–Crippen MR) is 144 cm³/mol. The van der Waals surface area contributed by atoms with E-state index in [4.69, 9.17) is 14.5 Å². The number of hydrogen-bond acceptors (Lipinski definition) is 4. The molecule has 1 aliphatic rings. The lowest BCUT2D eigenvalue weighted by atomic mass is 10.1. The monoisotopic (exact) mass is 479 g/mol. The molecule has 0 saturated heterocycles. The normalized spacial score (nSPS) is 14.3. The molecule has 184 valence electrons. The Bertz CT molecular complexity index is 1040. The minimum atomic E-state index is -1.12. The van der Waals surface area contributed by atoms with Crippen molar-refractivity contribution in [1.82, 2.24) is 14.5 Å². The van der Waals surface area contributed by atoms with E-state index < -0.39 is 8.07 Å². The average Bonchev–Trinajstić information content (AvgIpc) is 3.56. The molecular formula is C28H41N3O2Si. The molecule has 34 heavy (non-hydrogen) atoms. The highest BCUT2D eigenvalue weighted by Crippen LogP contribution is 2.30. The number of nitrogens with zero attached hydrogens (tertiary/aromatic N) is 3. The van der Waals surface area contributed by atoms with Gasteiger partial charge in [0.05, 0.1) is 11.0 Å². The maximum Gasteiger partial charge on any atom is 0.304 e. The van der Waals surface area contributed by atoms with Crippen molar-refractivity contribution in [1.29, 1.82) is 0 Å². The summed E-state index contributed by atoms with van der Waals surface area (Å²) in [5.41, 5.74) is 3.32. The van der Waals surface area contributed by atoms with Gasteiger partial charge in [0, 0.05) is 27.8 Å². The van der Waals surface area contributed by atoms with Gasteiger partial charge in [0.2, 0.25) is 0 Å². The fourth-order valence-electron chi connectivity index (χ4n) is 4.18. The molecular weight excluding hydrogens is 438 g/mol. The molecule has 3 aromatic rings. The summed E-state index contributed by atoms with van der Waals surface area (Å²) in [5.74, 6) is 1.76. The summed E-state index contributed by atoms with van der Waals surface area (Å²) in [6.07, 6.45) is 5.14. The lowest BCUT2D eigenvalue weighted by Gasteiger charge is -2.21. The van der Waals surface area contributed by atoms with Crippen molar-refractivity contribution in [3.63, 3.8) is 0 Å². The molecule has 0 spiro atoms. The average molecular weight is 480 g/mol. The van der Waals surface area contributed by atoms with Gasteiger partial charge < -0.3 is 14.4 Å². The van der Waals surface area contributed by atoms with Crippen molar-refractivity contribution in [2.75, 3.05) is 26.2 Å². The summed E-state index contributed by atoms with van der Waals surface area (Å²) < 4.78 is 14.3. The van der Waals surface area contributed by atoms with Crippen LogP contribution in [0.4, 0.5) is 0 Å². The van der Waals surface area contributed by atoms with Crippen LogP contribution in [0.25, 0.3) is 11.0 Å². The van der Waals surface area contributed by atoms with E-state index in [-0.39, 0.29) is 0 Å². The summed E-state index contributed by atoms with van der Waals surface area (Å²) in [7, 11) is -1.12. The molecule has 2 aromatic carbocycles. The molecule has 4 rings (SSSR count). The molecule has 1 aliphatic carbocycles. The third-order valence-corrected chi connectivity index (χ3v) is 8.14. The van der Waals surface area contributed by atoms with Gasteiger partial charge in [-0.3, -0.25) is 4.57 Å². The number of ether oxygens (including phenoxy) is 2. The Morgan fingerprint density at radius 3 is 2.50 bits per heavy atom. The fraction of sp³-hybridized carbons (Fsp3) is 0.536. The van der Waals surface area contributed by atoms with Gasteiger partial charge in [0.15, 0.2) is 0 Å². The highest BCUT2D eigenvalue weighted by atomic mass is 28.3. The van der Waals surface area contributed by atoms with E-state index in [1.54, 1.807) is 0 Å². The Balaban J connectivity index is 1.38. The molecule has 0 radical (unpaired) electrons. The van der Waals surface area contributed by atoms with Crippen molar-refractivity contribution >= 4 is 19.1 Å². The maximum absolute atomic E-state index is 6.24. The first-order valence-corrected chi connectivity index (χ1v) is 16.6. The summed E-state index contributed by atoms with van der Waals surface area (Å²) in [4.78, 5) is 7.37. The molecule has 5 nitrogen and oxygen atoms in total. The van der Waals surface area contributed by atoms with E-state index in [0.717, 1.165) is 48.3 Å². The zero-order valence-electron chi connectivity index (χ0n) is 21.4. The van der Waals surface area contributed by atoms with Gasteiger partial charge in [-0.05, 0) is 74.0 Å². The quantitative estimate of drug-likeness (QED) is 0.188. The van der Waals surface area contributed by atoms with Crippen molar-refractivity contribution < 1.29 is 9.47 Å². The van der Waals surface area contributed by atoms with Crippen LogP contribution in [-0.2, 0) is 17.9 Å². The second-order valence-electron chi connectivity index (χ2n) is 10.9. The van der Waals surface area contributed by atoms with Crippen LogP contribution < -0.4 is 4.74 Å². The highest BCUT2D eigenvalue weighted by molar-refractivity contribution is 6.76. The molecule has 1 heterocycles. The molecule has 1 saturated carbocycles. The van der Waals surface area contributed by atoms with Crippen LogP contribution in [0.3, 0.4) is 0 Å².